The third-order valence-electron chi connectivity index (χ3n) is 7.51. The largest absolute Gasteiger partial charge is 2.00 e. The van der Waals surface area contributed by atoms with Gasteiger partial charge in [-0.1, -0.05) is 66.6 Å². The second kappa shape index (κ2) is 11.0. The number of thiophene rings is 1. The molecule has 0 spiro atoms. The molecule has 0 fully saturated rings. The summed E-state index contributed by atoms with van der Waals surface area (Å²) in [6.07, 6.45) is 3.55. The maximum absolute atomic E-state index is 6.35. The van der Waals surface area contributed by atoms with Gasteiger partial charge in [0.05, 0.1) is 5.58 Å². The van der Waals surface area contributed by atoms with E-state index >= 15 is 0 Å². The smallest absolute Gasteiger partial charge is 0.500 e. The average molecular weight is 757 g/mol. The Morgan fingerprint density at radius 3 is 2.47 bits per heavy atom. The number of aromatic nitrogens is 3. The van der Waals surface area contributed by atoms with E-state index in [4.69, 9.17) is 19.1 Å². The maximum Gasteiger partial charge on any atom is 2.00 e. The van der Waals surface area contributed by atoms with Gasteiger partial charge >= 0.3 is 21.1 Å². The van der Waals surface area contributed by atoms with Crippen LogP contribution in [0.5, 0.6) is 11.8 Å². The first-order valence-electron chi connectivity index (χ1n) is 13.8. The first kappa shape index (κ1) is 27.5. The molecule has 0 aliphatic rings. The van der Waals surface area contributed by atoms with Crippen molar-refractivity contribution >= 4 is 53.4 Å². The summed E-state index contributed by atoms with van der Waals surface area (Å²) in [7, 11) is 0. The Kier molecular flexibility index (Phi) is 7.04. The Hall–Kier alpha value is -4.38. The van der Waals surface area contributed by atoms with Gasteiger partial charge in [-0.3, -0.25) is 15.0 Å². The first-order chi connectivity index (χ1) is 20.6. The fourth-order valence-electron chi connectivity index (χ4n) is 5.41. The Morgan fingerprint density at radius 1 is 0.767 bits per heavy atom. The van der Waals surface area contributed by atoms with Crippen molar-refractivity contribution in [3.8, 4) is 34.3 Å². The molecule has 0 saturated carbocycles. The predicted octanol–water partition coefficient (Wildman–Crippen LogP) is 9.99. The van der Waals surface area contributed by atoms with Gasteiger partial charge in [-0.05, 0) is 51.2 Å². The van der Waals surface area contributed by atoms with Crippen LogP contribution in [0, 0.1) is 12.1 Å². The second-order valence-electron chi connectivity index (χ2n) is 10.5. The van der Waals surface area contributed by atoms with Crippen molar-refractivity contribution in [1.29, 1.82) is 0 Å². The van der Waals surface area contributed by atoms with E-state index in [-0.39, 0.29) is 27.0 Å². The van der Waals surface area contributed by atoms with Gasteiger partial charge in [-0.15, -0.1) is 42.0 Å². The van der Waals surface area contributed by atoms with Crippen LogP contribution < -0.4 is 4.74 Å². The van der Waals surface area contributed by atoms with Crippen molar-refractivity contribution in [2.24, 2.45) is 0 Å². The molecule has 0 amide bonds. The van der Waals surface area contributed by atoms with Gasteiger partial charge in [-0.25, -0.2) is 0 Å². The van der Waals surface area contributed by atoms with Crippen molar-refractivity contribution in [2.45, 2.75) is 19.8 Å². The first-order valence-corrected chi connectivity index (χ1v) is 14.6. The van der Waals surface area contributed by atoms with E-state index in [9.17, 15) is 0 Å². The summed E-state index contributed by atoms with van der Waals surface area (Å²) in [5.41, 5.74) is 5.91. The van der Waals surface area contributed by atoms with E-state index in [1.54, 1.807) is 17.5 Å². The number of furan rings is 1. The number of nitrogens with zero attached hydrogens (tertiary/aromatic N) is 3. The third-order valence-corrected chi connectivity index (χ3v) is 8.71. The molecule has 3 aromatic carbocycles. The minimum absolute atomic E-state index is 0. The molecule has 210 valence electrons. The van der Waals surface area contributed by atoms with Gasteiger partial charge in [-0.2, -0.15) is 11.3 Å². The molecule has 7 heteroatoms. The molecule has 8 aromatic rings. The molecule has 0 saturated heterocycles. The molecule has 0 aliphatic heterocycles. The predicted molar refractivity (Wildman–Crippen MR) is 169 cm³/mol. The number of fused-ring (bicyclic) bond motifs is 6. The van der Waals surface area contributed by atoms with Crippen LogP contribution in [0.15, 0.2) is 102 Å². The summed E-state index contributed by atoms with van der Waals surface area (Å²) in [5.74, 6) is 1.22. The summed E-state index contributed by atoms with van der Waals surface area (Å²) < 4.78 is 15.0. The Balaban J connectivity index is 0.00000300. The van der Waals surface area contributed by atoms with Gasteiger partial charge in [0.25, 0.3) is 0 Å². The molecular weight excluding hydrogens is 734 g/mol. The SMILES string of the molecule is CC(C)c1cc(Oc2cccc(-c3[c-]ccc4c3oc3ccncc34)n2)nc(-c2[c-]ccc3c2sc2ccccc23)c1.[Pt+2]. The summed E-state index contributed by atoms with van der Waals surface area (Å²) in [6, 6.07) is 35.0. The summed E-state index contributed by atoms with van der Waals surface area (Å²) in [6.45, 7) is 4.34. The van der Waals surface area contributed by atoms with E-state index in [2.05, 4.69) is 67.4 Å². The van der Waals surface area contributed by atoms with Crippen LogP contribution in [0.1, 0.15) is 25.3 Å². The van der Waals surface area contributed by atoms with Crippen LogP contribution in [0.2, 0.25) is 0 Å². The maximum atomic E-state index is 6.35. The molecule has 8 rings (SSSR count). The average Bonchev–Trinajstić information content (AvgIpc) is 3.59. The number of pyridine rings is 3. The quantitative estimate of drug-likeness (QED) is 0.164. The molecule has 0 bridgehead atoms. The van der Waals surface area contributed by atoms with Crippen LogP contribution in [0.4, 0.5) is 0 Å². The number of rotatable bonds is 5. The van der Waals surface area contributed by atoms with Crippen LogP contribution in [-0.4, -0.2) is 15.0 Å². The van der Waals surface area contributed by atoms with E-state index < -0.39 is 0 Å². The van der Waals surface area contributed by atoms with Gasteiger partial charge < -0.3 is 9.15 Å². The fraction of sp³-hybridized carbons (Fsp3) is 0.0833. The molecular formula is C36H23N3O2PtS. The van der Waals surface area contributed by atoms with E-state index in [0.29, 0.717) is 17.5 Å². The fourth-order valence-corrected chi connectivity index (χ4v) is 6.62. The van der Waals surface area contributed by atoms with Gasteiger partial charge in [0.1, 0.15) is 5.58 Å². The van der Waals surface area contributed by atoms with Crippen LogP contribution >= 0.6 is 11.3 Å². The summed E-state index contributed by atoms with van der Waals surface area (Å²) in [4.78, 5) is 14.1. The standard InChI is InChI=1S/C36H23N3O2S.Pt/c1-21(2)22-18-30(27-12-6-10-25-23-8-3-4-14-32(23)42-36(25)27)39-34(19-22)41-33-15-7-13-29(38-33)26-11-5-9-24-28-20-37-17-16-31(28)40-35(24)26;/h3-10,13-21H,1-2H3;/q-2;+2. The molecule has 0 aliphatic carbocycles. The van der Waals surface area contributed by atoms with Crippen molar-refractivity contribution in [3.63, 3.8) is 0 Å². The second-order valence-corrected chi connectivity index (χ2v) is 11.6. The van der Waals surface area contributed by atoms with Crippen molar-refractivity contribution < 1.29 is 30.2 Å². The Bertz CT molecular complexity index is 2290. The molecule has 0 radical (unpaired) electrons. The normalized spacial score (nSPS) is 11.5. The molecule has 5 heterocycles. The zero-order valence-electron chi connectivity index (χ0n) is 23.2. The van der Waals surface area contributed by atoms with Crippen molar-refractivity contribution in [1.82, 2.24) is 15.0 Å². The van der Waals surface area contributed by atoms with E-state index in [0.717, 1.165) is 44.3 Å². The monoisotopic (exact) mass is 756 g/mol. The molecule has 0 unspecified atom stereocenters. The Labute approximate surface area is 266 Å². The van der Waals surface area contributed by atoms with E-state index in [1.165, 1.54) is 20.2 Å². The van der Waals surface area contributed by atoms with Crippen LogP contribution in [-0.2, 0) is 21.1 Å². The molecule has 0 N–H and O–H groups in total. The van der Waals surface area contributed by atoms with Crippen molar-refractivity contribution in [2.75, 3.05) is 0 Å². The zero-order chi connectivity index (χ0) is 28.2. The van der Waals surface area contributed by atoms with Crippen molar-refractivity contribution in [3.05, 3.63) is 115 Å². The van der Waals surface area contributed by atoms with Gasteiger partial charge in [0.15, 0.2) is 0 Å². The number of hydrogen-bond acceptors (Lipinski definition) is 6. The van der Waals surface area contributed by atoms with Gasteiger partial charge in [0.2, 0.25) is 11.8 Å². The molecule has 5 aromatic heterocycles. The zero-order valence-corrected chi connectivity index (χ0v) is 26.3. The van der Waals surface area contributed by atoms with Crippen LogP contribution in [0.3, 0.4) is 0 Å². The molecule has 0 atom stereocenters. The molecule has 5 nitrogen and oxygen atoms in total. The minimum Gasteiger partial charge on any atom is -0.500 e. The van der Waals surface area contributed by atoms with E-state index in [1.807, 2.05) is 54.7 Å². The number of hydrogen-bond donors (Lipinski definition) is 0. The Morgan fingerprint density at radius 2 is 1.58 bits per heavy atom. The minimum atomic E-state index is 0. The summed E-state index contributed by atoms with van der Waals surface area (Å²) in [5, 5.41) is 4.40. The molecule has 43 heavy (non-hydrogen) atoms. The summed E-state index contributed by atoms with van der Waals surface area (Å²) >= 11 is 1.77. The number of ether oxygens (including phenoxy) is 1. The van der Waals surface area contributed by atoms with Crippen LogP contribution in [0.25, 0.3) is 64.6 Å². The third kappa shape index (κ3) is 4.81. The topological polar surface area (TPSA) is 61.0 Å². The number of benzene rings is 3. The van der Waals surface area contributed by atoms with Gasteiger partial charge in [0, 0.05) is 28.5 Å².